The van der Waals surface area contributed by atoms with Gasteiger partial charge in [-0.25, -0.2) is 0 Å². The van der Waals surface area contributed by atoms with E-state index in [4.69, 9.17) is 9.47 Å². The lowest BCUT2D eigenvalue weighted by Crippen LogP contribution is -2.52. The number of benzene rings is 1. The largest absolute Gasteiger partial charge is 0.462 e. The molecule has 2 saturated carbocycles. The summed E-state index contributed by atoms with van der Waals surface area (Å²) in [4.78, 5) is 18.0. The molecule has 2 aliphatic carbocycles. The van der Waals surface area contributed by atoms with Gasteiger partial charge in [0.15, 0.2) is 0 Å². The second kappa shape index (κ2) is 7.57. The summed E-state index contributed by atoms with van der Waals surface area (Å²) < 4.78 is 12.1. The summed E-state index contributed by atoms with van der Waals surface area (Å²) in [5.41, 5.74) is 1.80. The van der Waals surface area contributed by atoms with Crippen molar-refractivity contribution in [2.45, 2.75) is 57.3 Å². The lowest BCUT2D eigenvalue weighted by molar-refractivity contribution is -0.147. The molecule has 5 nitrogen and oxygen atoms in total. The Kier molecular flexibility index (Phi) is 4.93. The summed E-state index contributed by atoms with van der Waals surface area (Å²) in [6.07, 6.45) is 6.03. The van der Waals surface area contributed by atoms with Crippen LogP contribution in [0.4, 0.5) is 0 Å². The molecule has 3 aliphatic heterocycles. The Morgan fingerprint density at radius 3 is 2.55 bits per heavy atom. The van der Waals surface area contributed by atoms with E-state index >= 15 is 0 Å². The molecule has 5 fully saturated rings. The van der Waals surface area contributed by atoms with Gasteiger partial charge in [-0.15, -0.1) is 0 Å². The quantitative estimate of drug-likeness (QED) is 0.548. The van der Waals surface area contributed by atoms with E-state index in [2.05, 4.69) is 47.1 Å². The van der Waals surface area contributed by atoms with Gasteiger partial charge in [0.2, 0.25) is 0 Å². The Labute approximate surface area is 186 Å². The normalized spacial score (nSPS) is 42.8. The van der Waals surface area contributed by atoms with Crippen molar-refractivity contribution >= 4 is 5.97 Å². The third-order valence-electron chi connectivity index (χ3n) is 9.25. The van der Waals surface area contributed by atoms with Crippen molar-refractivity contribution in [1.29, 1.82) is 0 Å². The fourth-order valence-electron chi connectivity index (χ4n) is 7.42. The average molecular weight is 425 g/mol. The van der Waals surface area contributed by atoms with E-state index in [1.54, 1.807) is 0 Å². The molecule has 3 heterocycles. The number of nitrogens with zero attached hydrogens (tertiary/aromatic N) is 2. The molecule has 6 atom stereocenters. The minimum absolute atomic E-state index is 0.0490. The predicted octanol–water partition coefficient (Wildman–Crippen LogP) is 3.33. The van der Waals surface area contributed by atoms with Crippen molar-refractivity contribution in [2.24, 2.45) is 23.2 Å². The zero-order chi connectivity index (χ0) is 21.1. The molecule has 3 saturated heterocycles. The van der Waals surface area contributed by atoms with Crippen LogP contribution in [0.25, 0.3) is 0 Å². The topological polar surface area (TPSA) is 45.3 Å². The van der Waals surface area contributed by atoms with E-state index in [0.29, 0.717) is 11.8 Å². The van der Waals surface area contributed by atoms with Crippen molar-refractivity contribution in [3.63, 3.8) is 0 Å². The first-order valence-electron chi connectivity index (χ1n) is 12.4. The summed E-state index contributed by atoms with van der Waals surface area (Å²) >= 11 is 0. The number of fused-ring (bicyclic) bond motifs is 3. The summed E-state index contributed by atoms with van der Waals surface area (Å²) in [7, 11) is 0. The molecule has 5 heteroatoms. The fraction of sp³-hybridized carbons (Fsp3) is 0.731. The highest BCUT2D eigenvalue weighted by Gasteiger charge is 2.65. The maximum atomic E-state index is 12.9. The van der Waals surface area contributed by atoms with Crippen LogP contribution in [-0.4, -0.2) is 66.8 Å². The van der Waals surface area contributed by atoms with Gasteiger partial charge in [-0.3, -0.25) is 14.6 Å². The molecule has 0 unspecified atom stereocenters. The Balaban J connectivity index is 1.08. The minimum Gasteiger partial charge on any atom is -0.462 e. The number of carbonyl (C=O) groups excluding carboxylic acids is 1. The number of carbonyl (C=O) groups is 1. The van der Waals surface area contributed by atoms with Crippen molar-refractivity contribution in [3.05, 3.63) is 35.9 Å². The summed E-state index contributed by atoms with van der Waals surface area (Å²) in [6, 6.07) is 10.7. The number of rotatable bonds is 4. The first kappa shape index (κ1) is 20.2. The molecule has 0 amide bonds. The number of epoxide rings is 1. The monoisotopic (exact) mass is 424 g/mol. The van der Waals surface area contributed by atoms with E-state index < -0.39 is 0 Å². The number of ether oxygens (including phenoxy) is 2. The molecule has 1 aromatic carbocycles. The van der Waals surface area contributed by atoms with E-state index in [0.717, 1.165) is 58.7 Å². The molecule has 5 aliphatic rings. The molecule has 31 heavy (non-hydrogen) atoms. The number of hydrogen-bond donors (Lipinski definition) is 0. The van der Waals surface area contributed by atoms with Crippen molar-refractivity contribution in [3.8, 4) is 0 Å². The van der Waals surface area contributed by atoms with Crippen LogP contribution >= 0.6 is 0 Å². The Morgan fingerprint density at radius 1 is 1.06 bits per heavy atom. The number of hydrogen-bond acceptors (Lipinski definition) is 5. The van der Waals surface area contributed by atoms with E-state index in [-0.39, 0.29) is 29.0 Å². The Hall–Kier alpha value is -1.43. The zero-order valence-corrected chi connectivity index (χ0v) is 18.8. The van der Waals surface area contributed by atoms with Crippen molar-refractivity contribution in [2.75, 3.05) is 39.3 Å². The van der Waals surface area contributed by atoms with Gasteiger partial charge in [0, 0.05) is 45.2 Å². The van der Waals surface area contributed by atoms with Crippen LogP contribution in [0, 0.1) is 23.2 Å². The first-order valence-corrected chi connectivity index (χ1v) is 12.4. The van der Waals surface area contributed by atoms with Gasteiger partial charge in [-0.05, 0) is 49.0 Å². The van der Waals surface area contributed by atoms with E-state index in [1.807, 2.05) is 0 Å². The van der Waals surface area contributed by atoms with E-state index in [1.165, 1.54) is 24.8 Å². The molecular formula is C26H36N2O3. The van der Waals surface area contributed by atoms with Crippen LogP contribution in [0.15, 0.2) is 30.3 Å². The molecule has 0 bridgehead atoms. The average Bonchev–Trinajstić information content (AvgIpc) is 3.47. The lowest BCUT2D eigenvalue weighted by atomic mass is 9.53. The highest BCUT2D eigenvalue weighted by Crippen LogP contribution is 2.62. The zero-order valence-electron chi connectivity index (χ0n) is 18.8. The van der Waals surface area contributed by atoms with Crippen LogP contribution in [0.2, 0.25) is 0 Å². The van der Waals surface area contributed by atoms with Gasteiger partial charge >= 0.3 is 5.97 Å². The van der Waals surface area contributed by atoms with Gasteiger partial charge in [0.05, 0.1) is 18.1 Å². The molecule has 1 aromatic rings. The summed E-state index contributed by atoms with van der Waals surface area (Å²) in [6.45, 7) is 9.50. The second-order valence-corrected chi connectivity index (χ2v) is 11.2. The highest BCUT2D eigenvalue weighted by molar-refractivity contribution is 5.75. The van der Waals surface area contributed by atoms with Gasteiger partial charge in [-0.1, -0.05) is 37.3 Å². The maximum absolute atomic E-state index is 12.9. The second-order valence-electron chi connectivity index (χ2n) is 11.2. The third-order valence-corrected chi connectivity index (χ3v) is 9.25. The summed E-state index contributed by atoms with van der Waals surface area (Å²) in [5, 5.41) is 0. The van der Waals surface area contributed by atoms with Crippen LogP contribution in [0.3, 0.4) is 0 Å². The molecule has 168 valence electrons. The number of esters is 1. The Bertz CT molecular complexity index is 817. The lowest BCUT2D eigenvalue weighted by Gasteiger charge is -2.51. The third kappa shape index (κ3) is 3.63. The first-order chi connectivity index (χ1) is 15.0. The fourth-order valence-corrected chi connectivity index (χ4v) is 7.42. The number of piperazine rings is 1. The van der Waals surface area contributed by atoms with Gasteiger partial charge in [0.25, 0.3) is 0 Å². The molecule has 1 spiro atoms. The van der Waals surface area contributed by atoms with Crippen LogP contribution < -0.4 is 0 Å². The SMILES string of the molecule is C[C@]12CCC[C@@]3(CO3)[C@@H]1C[C@@H]1[C@@H](C2)OC(=O)[C@@H]1CN1CCN(Cc2ccccc2)CC1. The van der Waals surface area contributed by atoms with Crippen LogP contribution in [0.5, 0.6) is 0 Å². The molecule has 0 N–H and O–H groups in total. The van der Waals surface area contributed by atoms with Gasteiger partial charge in [0.1, 0.15) is 6.10 Å². The van der Waals surface area contributed by atoms with Crippen molar-refractivity contribution in [1.82, 2.24) is 9.80 Å². The maximum Gasteiger partial charge on any atom is 0.310 e. The van der Waals surface area contributed by atoms with Gasteiger partial charge < -0.3 is 9.47 Å². The minimum atomic E-state index is 0.0490. The van der Waals surface area contributed by atoms with Crippen molar-refractivity contribution < 1.29 is 14.3 Å². The van der Waals surface area contributed by atoms with Crippen LogP contribution in [0.1, 0.15) is 44.6 Å². The van der Waals surface area contributed by atoms with Crippen LogP contribution in [-0.2, 0) is 20.8 Å². The van der Waals surface area contributed by atoms with Gasteiger partial charge in [-0.2, -0.15) is 0 Å². The summed E-state index contributed by atoms with van der Waals surface area (Å²) in [5.74, 6) is 1.10. The smallest absolute Gasteiger partial charge is 0.310 e. The Morgan fingerprint density at radius 2 is 1.81 bits per heavy atom. The standard InChI is InChI=1S/C26H36N2O3/c1-25-8-5-9-26(18-30-26)23(25)14-20-21(24(29)31-22(20)15-25)17-28-12-10-27(11-13-28)16-19-6-3-2-4-7-19/h2-4,6-7,20-23H,5,8-18H2,1H3/t20-,21+,22+,23+,25+,26+/m0/s1. The predicted molar refractivity (Wildman–Crippen MR) is 118 cm³/mol. The molecule has 0 radical (unpaired) electrons. The van der Waals surface area contributed by atoms with E-state index in [9.17, 15) is 4.79 Å². The molecular weight excluding hydrogens is 388 g/mol. The molecule has 6 rings (SSSR count). The highest BCUT2D eigenvalue weighted by atomic mass is 16.6. The molecule has 0 aromatic heterocycles.